The van der Waals surface area contributed by atoms with Crippen molar-refractivity contribution in [2.45, 2.75) is 0 Å². The van der Waals surface area contributed by atoms with E-state index in [9.17, 15) is 4.79 Å². The molecule has 1 aliphatic heterocycles. The molecule has 1 aliphatic rings. The van der Waals surface area contributed by atoms with E-state index < -0.39 is 0 Å². The monoisotopic (exact) mass is 552 g/mol. The van der Waals surface area contributed by atoms with Crippen molar-refractivity contribution in [2.75, 3.05) is 54.9 Å². The van der Waals surface area contributed by atoms with Crippen LogP contribution in [0.1, 0.15) is 0 Å². The molecule has 2 amide bonds. The highest BCUT2D eigenvalue weighted by molar-refractivity contribution is 7.21. The van der Waals surface area contributed by atoms with Gasteiger partial charge >= 0.3 is 6.03 Å². The molecule has 3 aromatic heterocycles. The molecule has 0 radical (unpaired) electrons. The average Bonchev–Trinajstić information content (AvgIpc) is 3.41. The van der Waals surface area contributed by atoms with Gasteiger partial charge in [-0.3, -0.25) is 14.8 Å². The number of nitrogens with zero attached hydrogens (tertiary/aromatic N) is 6. The van der Waals surface area contributed by atoms with Crippen LogP contribution in [-0.4, -0.2) is 70.3 Å². The summed E-state index contributed by atoms with van der Waals surface area (Å²) >= 11 is 1.42. The first-order valence-electron chi connectivity index (χ1n) is 13.1. The third-order valence-corrected chi connectivity index (χ3v) is 7.42. The molecule has 0 bridgehead atoms. The summed E-state index contributed by atoms with van der Waals surface area (Å²) in [5.74, 6) is 0.321. The largest absolute Gasteiger partial charge is 0.379 e. The maximum absolute atomic E-state index is 13.4. The smallest absolute Gasteiger partial charge is 0.328 e. The zero-order valence-electron chi connectivity index (χ0n) is 21.7. The number of hydrogen-bond donors (Lipinski definition) is 2. The van der Waals surface area contributed by atoms with Crippen LogP contribution in [0.5, 0.6) is 0 Å². The fourth-order valence-corrected chi connectivity index (χ4v) is 5.29. The number of amides is 2. The van der Waals surface area contributed by atoms with E-state index in [0.717, 1.165) is 29.9 Å². The first-order valence-corrected chi connectivity index (χ1v) is 13.9. The van der Waals surface area contributed by atoms with E-state index in [4.69, 9.17) is 14.7 Å². The van der Waals surface area contributed by atoms with Gasteiger partial charge in [0, 0.05) is 43.6 Å². The van der Waals surface area contributed by atoms with Crippen molar-refractivity contribution < 1.29 is 9.53 Å². The van der Waals surface area contributed by atoms with Crippen molar-refractivity contribution in [3.8, 4) is 11.1 Å². The molecule has 0 unspecified atom stereocenters. The highest BCUT2D eigenvalue weighted by Crippen LogP contribution is 2.33. The topological polar surface area (TPSA) is 108 Å². The molecule has 1 saturated heterocycles. The Labute approximate surface area is 235 Å². The molecule has 1 fully saturated rings. The normalized spacial score (nSPS) is 13.7. The minimum absolute atomic E-state index is 0.319. The van der Waals surface area contributed by atoms with Gasteiger partial charge in [-0.05, 0) is 23.8 Å². The van der Waals surface area contributed by atoms with Gasteiger partial charge in [0.1, 0.15) is 5.52 Å². The van der Waals surface area contributed by atoms with E-state index in [1.54, 1.807) is 35.6 Å². The van der Waals surface area contributed by atoms with Gasteiger partial charge < -0.3 is 15.4 Å². The number of anilines is 4. The van der Waals surface area contributed by atoms with Crippen LogP contribution in [0.25, 0.3) is 21.5 Å². The Morgan fingerprint density at radius 3 is 2.62 bits per heavy atom. The minimum Gasteiger partial charge on any atom is -0.379 e. The number of benzene rings is 2. The summed E-state index contributed by atoms with van der Waals surface area (Å²) in [6, 6.07) is 21.6. The summed E-state index contributed by atoms with van der Waals surface area (Å²) in [6.07, 6.45) is 4.94. The molecule has 6 rings (SSSR count). The molecule has 5 aromatic rings. The summed E-state index contributed by atoms with van der Waals surface area (Å²) in [5, 5.41) is 7.07. The lowest BCUT2D eigenvalue weighted by atomic mass is 10.0. The van der Waals surface area contributed by atoms with Crippen molar-refractivity contribution in [3.63, 3.8) is 0 Å². The quantitative estimate of drug-likeness (QED) is 0.268. The SMILES string of the molecule is O=C(Nc1cccnc1)N(CCN1CCOCC1)c1ncc2nc(Nc3ccccc3-c3ccccc3)sc2n1. The van der Waals surface area contributed by atoms with Crippen molar-refractivity contribution in [2.24, 2.45) is 0 Å². The van der Waals surface area contributed by atoms with Crippen LogP contribution < -0.4 is 15.5 Å². The highest BCUT2D eigenvalue weighted by atomic mass is 32.1. The predicted octanol–water partition coefficient (Wildman–Crippen LogP) is 5.26. The summed E-state index contributed by atoms with van der Waals surface area (Å²) in [7, 11) is 0. The van der Waals surface area contributed by atoms with Gasteiger partial charge in [0.15, 0.2) is 9.96 Å². The van der Waals surface area contributed by atoms with Crippen molar-refractivity contribution in [3.05, 3.63) is 85.3 Å². The van der Waals surface area contributed by atoms with Gasteiger partial charge in [0.05, 0.1) is 31.3 Å². The van der Waals surface area contributed by atoms with Crippen molar-refractivity contribution in [1.29, 1.82) is 0 Å². The van der Waals surface area contributed by atoms with Gasteiger partial charge in [-0.2, -0.15) is 4.98 Å². The van der Waals surface area contributed by atoms with Crippen LogP contribution in [0.15, 0.2) is 85.3 Å². The standard InChI is InChI=1S/C29H28N8O2S/c38-29(32-22-9-6-12-30-19-22)37(14-13-36-15-17-39-18-16-36)27-31-20-25-26(35-27)40-28(34-25)33-24-11-5-4-10-23(24)21-7-2-1-3-8-21/h1-12,19-20H,13-18H2,(H,32,38)(H,33,34). The second kappa shape index (κ2) is 12.2. The summed E-state index contributed by atoms with van der Waals surface area (Å²) < 4.78 is 5.47. The number of pyridine rings is 1. The van der Waals surface area contributed by atoms with Crippen LogP contribution in [0.2, 0.25) is 0 Å². The molecular weight excluding hydrogens is 524 g/mol. The molecule has 11 heteroatoms. The fraction of sp³-hybridized carbons (Fsp3) is 0.207. The summed E-state index contributed by atoms with van der Waals surface area (Å²) in [4.78, 5) is 36.0. The molecule has 0 saturated carbocycles. The Morgan fingerprint density at radius 2 is 1.80 bits per heavy atom. The number of nitrogens with one attached hydrogen (secondary N) is 2. The van der Waals surface area contributed by atoms with E-state index in [1.165, 1.54) is 11.3 Å². The van der Waals surface area contributed by atoms with Gasteiger partial charge in [0.25, 0.3) is 0 Å². The summed E-state index contributed by atoms with van der Waals surface area (Å²) in [5.41, 5.74) is 4.41. The third-order valence-electron chi connectivity index (χ3n) is 6.53. The molecule has 4 heterocycles. The molecule has 0 aliphatic carbocycles. The number of morpholine rings is 1. The Balaban J connectivity index is 1.25. The van der Waals surface area contributed by atoms with Crippen LogP contribution in [0, 0.1) is 0 Å². The number of carbonyl (C=O) groups is 1. The zero-order chi connectivity index (χ0) is 27.1. The summed E-state index contributed by atoms with van der Waals surface area (Å²) in [6.45, 7) is 4.13. The van der Waals surface area contributed by atoms with E-state index in [0.29, 0.717) is 53.4 Å². The van der Waals surface area contributed by atoms with Crippen LogP contribution in [0.3, 0.4) is 0 Å². The number of rotatable bonds is 8. The van der Waals surface area contributed by atoms with Crippen LogP contribution in [0.4, 0.5) is 27.2 Å². The van der Waals surface area contributed by atoms with Crippen molar-refractivity contribution in [1.82, 2.24) is 24.8 Å². The van der Waals surface area contributed by atoms with Gasteiger partial charge in [-0.1, -0.05) is 59.9 Å². The number of carbonyl (C=O) groups excluding carboxylic acids is 1. The lowest BCUT2D eigenvalue weighted by molar-refractivity contribution is 0.0393. The fourth-order valence-electron chi connectivity index (χ4n) is 4.47. The number of thiazole rings is 1. The number of para-hydroxylation sites is 1. The highest BCUT2D eigenvalue weighted by Gasteiger charge is 2.22. The Kier molecular flexibility index (Phi) is 7.85. The van der Waals surface area contributed by atoms with Crippen LogP contribution in [-0.2, 0) is 4.74 Å². The van der Waals surface area contributed by atoms with E-state index in [-0.39, 0.29) is 6.03 Å². The second-order valence-electron chi connectivity index (χ2n) is 9.19. The van der Waals surface area contributed by atoms with Crippen molar-refractivity contribution >= 4 is 50.2 Å². The zero-order valence-corrected chi connectivity index (χ0v) is 22.6. The lowest BCUT2D eigenvalue weighted by Gasteiger charge is -2.29. The Morgan fingerprint density at radius 1 is 0.975 bits per heavy atom. The molecular formula is C29H28N8O2S. The number of fused-ring (bicyclic) bond motifs is 1. The molecule has 2 aromatic carbocycles. The average molecular weight is 553 g/mol. The molecule has 202 valence electrons. The van der Waals surface area contributed by atoms with E-state index >= 15 is 0 Å². The van der Waals surface area contributed by atoms with Crippen LogP contribution >= 0.6 is 11.3 Å². The third kappa shape index (κ3) is 6.07. The number of ether oxygens (including phenoxy) is 1. The first-order chi connectivity index (χ1) is 19.7. The maximum Gasteiger partial charge on any atom is 0.328 e. The Hall–Kier alpha value is -4.45. The van der Waals surface area contributed by atoms with Gasteiger partial charge in [-0.15, -0.1) is 0 Å². The van der Waals surface area contributed by atoms with E-state index in [2.05, 4.69) is 43.7 Å². The molecule has 0 spiro atoms. The molecule has 40 heavy (non-hydrogen) atoms. The van der Waals surface area contributed by atoms with E-state index in [1.807, 2.05) is 36.4 Å². The first kappa shape index (κ1) is 25.8. The molecule has 10 nitrogen and oxygen atoms in total. The number of aromatic nitrogens is 4. The minimum atomic E-state index is -0.319. The molecule has 0 atom stereocenters. The predicted molar refractivity (Wildman–Crippen MR) is 158 cm³/mol. The van der Waals surface area contributed by atoms with Gasteiger partial charge in [-0.25, -0.2) is 14.8 Å². The molecule has 2 N–H and O–H groups in total. The lowest BCUT2D eigenvalue weighted by Crippen LogP contribution is -2.45. The van der Waals surface area contributed by atoms with Gasteiger partial charge in [0.2, 0.25) is 5.95 Å². The second-order valence-corrected chi connectivity index (χ2v) is 10.2. The number of hydrogen-bond acceptors (Lipinski definition) is 9. The Bertz CT molecular complexity index is 1580. The number of urea groups is 1. The maximum atomic E-state index is 13.4.